The summed E-state index contributed by atoms with van der Waals surface area (Å²) in [6.45, 7) is 8.11. The van der Waals surface area contributed by atoms with Crippen molar-refractivity contribution in [2.45, 2.75) is 39.3 Å². The molecule has 0 aliphatic heterocycles. The first-order valence-electron chi connectivity index (χ1n) is 5.65. The minimum Gasteiger partial charge on any atom is -0.329 e. The molecule has 0 radical (unpaired) electrons. The highest BCUT2D eigenvalue weighted by atomic mass is 14.9. The predicted octanol–water partition coefficient (Wildman–Crippen LogP) is 2.25. The minimum atomic E-state index is 0.384. The molecule has 2 heteroatoms. The van der Waals surface area contributed by atoms with Crippen molar-refractivity contribution in [2.75, 3.05) is 6.54 Å². The summed E-state index contributed by atoms with van der Waals surface area (Å²) in [6, 6.07) is 9.16. The number of hydrogen-bond donors (Lipinski definition) is 2. The van der Waals surface area contributed by atoms with E-state index in [-0.39, 0.29) is 0 Å². The van der Waals surface area contributed by atoms with Crippen molar-refractivity contribution in [1.82, 2.24) is 5.32 Å². The van der Waals surface area contributed by atoms with Crippen molar-refractivity contribution in [3.8, 4) is 0 Å². The van der Waals surface area contributed by atoms with E-state index < -0.39 is 0 Å². The van der Waals surface area contributed by atoms with Gasteiger partial charge in [0.2, 0.25) is 0 Å². The van der Waals surface area contributed by atoms with Crippen LogP contribution in [-0.2, 0) is 6.54 Å². The van der Waals surface area contributed by atoms with Crippen LogP contribution in [0.1, 0.15) is 37.8 Å². The summed E-state index contributed by atoms with van der Waals surface area (Å²) < 4.78 is 0. The molecular formula is C13H22N2. The summed E-state index contributed by atoms with van der Waals surface area (Å²) in [6.07, 6.45) is 0. The molecule has 0 amide bonds. The second kappa shape index (κ2) is 5.89. The molecule has 15 heavy (non-hydrogen) atoms. The maximum atomic E-state index is 5.54. The van der Waals surface area contributed by atoms with Gasteiger partial charge in [-0.25, -0.2) is 0 Å². The highest BCUT2D eigenvalue weighted by Gasteiger charge is 2.00. The summed E-state index contributed by atoms with van der Waals surface area (Å²) in [7, 11) is 0. The van der Waals surface area contributed by atoms with Gasteiger partial charge in [-0.05, 0) is 24.0 Å². The first-order valence-corrected chi connectivity index (χ1v) is 5.65. The highest BCUT2D eigenvalue weighted by Crippen LogP contribution is 2.14. The Morgan fingerprint density at radius 2 is 1.73 bits per heavy atom. The topological polar surface area (TPSA) is 38.0 Å². The Morgan fingerprint density at radius 1 is 1.13 bits per heavy atom. The van der Waals surface area contributed by atoms with E-state index in [1.54, 1.807) is 0 Å². The largest absolute Gasteiger partial charge is 0.329 e. The highest BCUT2D eigenvalue weighted by molar-refractivity contribution is 5.24. The van der Waals surface area contributed by atoms with Gasteiger partial charge in [-0.15, -0.1) is 0 Å². The number of benzene rings is 1. The van der Waals surface area contributed by atoms with Gasteiger partial charge in [-0.2, -0.15) is 0 Å². The van der Waals surface area contributed by atoms with Crippen molar-refractivity contribution >= 4 is 0 Å². The molecule has 2 nitrogen and oxygen atoms in total. The quantitative estimate of drug-likeness (QED) is 0.775. The molecule has 1 aromatic carbocycles. The second-order valence-electron chi connectivity index (χ2n) is 4.41. The number of nitrogens with two attached hydrogens (primary N) is 1. The maximum absolute atomic E-state index is 5.54. The SMILES string of the molecule is CC(C)c1ccc(CN[C@@H](C)CN)cc1. The van der Waals surface area contributed by atoms with E-state index in [4.69, 9.17) is 5.73 Å². The summed E-state index contributed by atoms with van der Waals surface area (Å²) in [5, 5.41) is 3.37. The molecule has 0 aromatic heterocycles. The molecule has 0 fully saturated rings. The van der Waals surface area contributed by atoms with E-state index >= 15 is 0 Å². The summed E-state index contributed by atoms with van der Waals surface area (Å²) in [5.74, 6) is 0.606. The zero-order valence-electron chi connectivity index (χ0n) is 9.96. The molecule has 0 spiro atoms. The van der Waals surface area contributed by atoms with E-state index in [9.17, 15) is 0 Å². The predicted molar refractivity (Wildman–Crippen MR) is 65.9 cm³/mol. The van der Waals surface area contributed by atoms with Crippen molar-refractivity contribution in [2.24, 2.45) is 5.73 Å². The zero-order chi connectivity index (χ0) is 11.3. The molecule has 84 valence electrons. The van der Waals surface area contributed by atoms with Crippen LogP contribution in [-0.4, -0.2) is 12.6 Å². The molecule has 0 aliphatic carbocycles. The molecule has 0 aliphatic rings. The molecule has 0 saturated carbocycles. The first kappa shape index (κ1) is 12.2. The third kappa shape index (κ3) is 4.02. The average molecular weight is 206 g/mol. The van der Waals surface area contributed by atoms with Crippen molar-refractivity contribution in [3.63, 3.8) is 0 Å². The zero-order valence-corrected chi connectivity index (χ0v) is 9.96. The fourth-order valence-electron chi connectivity index (χ4n) is 1.40. The summed E-state index contributed by atoms with van der Waals surface area (Å²) in [5.41, 5.74) is 8.25. The van der Waals surface area contributed by atoms with Crippen LogP contribution in [0.25, 0.3) is 0 Å². The van der Waals surface area contributed by atoms with Crippen molar-refractivity contribution in [3.05, 3.63) is 35.4 Å². The van der Waals surface area contributed by atoms with Gasteiger partial charge >= 0.3 is 0 Å². The van der Waals surface area contributed by atoms with Crippen molar-refractivity contribution in [1.29, 1.82) is 0 Å². The monoisotopic (exact) mass is 206 g/mol. The van der Waals surface area contributed by atoms with E-state index in [1.165, 1.54) is 11.1 Å². The van der Waals surface area contributed by atoms with Gasteiger partial charge < -0.3 is 11.1 Å². The fourth-order valence-corrected chi connectivity index (χ4v) is 1.40. The van der Waals surface area contributed by atoms with Crippen LogP contribution in [0.4, 0.5) is 0 Å². The Hall–Kier alpha value is -0.860. The van der Waals surface area contributed by atoms with Crippen LogP contribution in [0.2, 0.25) is 0 Å². The Balaban J connectivity index is 2.50. The standard InChI is InChI=1S/C13H22N2/c1-10(2)13-6-4-12(5-7-13)9-15-11(3)8-14/h4-7,10-11,15H,8-9,14H2,1-3H3/t11-/m0/s1. The number of hydrogen-bond acceptors (Lipinski definition) is 2. The lowest BCUT2D eigenvalue weighted by molar-refractivity contribution is 0.556. The lowest BCUT2D eigenvalue weighted by atomic mass is 10.0. The van der Waals surface area contributed by atoms with Crippen molar-refractivity contribution < 1.29 is 0 Å². The van der Waals surface area contributed by atoms with Crippen LogP contribution >= 0.6 is 0 Å². The normalized spacial score (nSPS) is 13.1. The van der Waals surface area contributed by atoms with Gasteiger partial charge in [0, 0.05) is 19.1 Å². The summed E-state index contributed by atoms with van der Waals surface area (Å²) in [4.78, 5) is 0. The fraction of sp³-hybridized carbons (Fsp3) is 0.538. The Bertz CT molecular complexity index is 277. The average Bonchev–Trinajstić information content (AvgIpc) is 2.26. The van der Waals surface area contributed by atoms with Crippen LogP contribution < -0.4 is 11.1 Å². The molecule has 3 N–H and O–H groups in total. The number of rotatable bonds is 5. The van der Waals surface area contributed by atoms with Crippen LogP contribution in [0, 0.1) is 0 Å². The van der Waals surface area contributed by atoms with Gasteiger partial charge in [-0.3, -0.25) is 0 Å². The third-order valence-corrected chi connectivity index (χ3v) is 2.65. The van der Waals surface area contributed by atoms with Gasteiger partial charge in [0.05, 0.1) is 0 Å². The summed E-state index contributed by atoms with van der Waals surface area (Å²) >= 11 is 0. The molecule has 0 heterocycles. The Kier molecular flexibility index (Phi) is 4.79. The van der Waals surface area contributed by atoms with Crippen LogP contribution in [0.15, 0.2) is 24.3 Å². The van der Waals surface area contributed by atoms with Gasteiger partial charge in [0.15, 0.2) is 0 Å². The Labute approximate surface area is 92.9 Å². The molecular weight excluding hydrogens is 184 g/mol. The van der Waals surface area contributed by atoms with E-state index in [0.717, 1.165) is 6.54 Å². The van der Waals surface area contributed by atoms with Crippen LogP contribution in [0.5, 0.6) is 0 Å². The van der Waals surface area contributed by atoms with Gasteiger partial charge in [-0.1, -0.05) is 38.1 Å². The number of nitrogens with one attached hydrogen (secondary N) is 1. The molecule has 1 atom stereocenters. The lowest BCUT2D eigenvalue weighted by Crippen LogP contribution is -2.32. The third-order valence-electron chi connectivity index (χ3n) is 2.65. The minimum absolute atomic E-state index is 0.384. The molecule has 0 unspecified atom stereocenters. The van der Waals surface area contributed by atoms with Crippen LogP contribution in [0.3, 0.4) is 0 Å². The molecule has 0 bridgehead atoms. The molecule has 0 saturated heterocycles. The van der Waals surface area contributed by atoms with E-state index in [2.05, 4.69) is 50.4 Å². The van der Waals surface area contributed by atoms with Gasteiger partial charge in [0.25, 0.3) is 0 Å². The van der Waals surface area contributed by atoms with E-state index in [1.807, 2.05) is 0 Å². The maximum Gasteiger partial charge on any atom is 0.0208 e. The Morgan fingerprint density at radius 3 is 2.20 bits per heavy atom. The molecule has 1 rings (SSSR count). The second-order valence-corrected chi connectivity index (χ2v) is 4.41. The first-order chi connectivity index (χ1) is 7.13. The molecule has 1 aromatic rings. The smallest absolute Gasteiger partial charge is 0.0208 e. The van der Waals surface area contributed by atoms with E-state index in [0.29, 0.717) is 18.5 Å². The van der Waals surface area contributed by atoms with Gasteiger partial charge in [0.1, 0.15) is 0 Å². The lowest BCUT2D eigenvalue weighted by Gasteiger charge is -2.12.